The summed E-state index contributed by atoms with van der Waals surface area (Å²) >= 11 is 0. The molecule has 3 heteroatoms. The Kier molecular flexibility index (Phi) is 4.04. The maximum Gasteiger partial charge on any atom is 0.136 e. The van der Waals surface area contributed by atoms with Crippen LogP contribution in [-0.4, -0.2) is 28.7 Å². The number of carbonyl (C=O) groups is 1. The minimum Gasteiger partial charge on any atom is -0.396 e. The average molecular weight is 320 g/mol. The zero-order valence-electron chi connectivity index (χ0n) is 14.8. The van der Waals surface area contributed by atoms with Gasteiger partial charge < -0.3 is 10.2 Å². The van der Waals surface area contributed by atoms with Crippen molar-refractivity contribution in [2.75, 3.05) is 6.61 Å². The van der Waals surface area contributed by atoms with Gasteiger partial charge in [0.05, 0.1) is 6.10 Å². The zero-order chi connectivity index (χ0) is 17.0. The first-order chi connectivity index (χ1) is 10.7. The van der Waals surface area contributed by atoms with Gasteiger partial charge in [-0.15, -0.1) is 6.58 Å². The van der Waals surface area contributed by atoms with Crippen LogP contribution in [0.15, 0.2) is 12.7 Å². The summed E-state index contributed by atoms with van der Waals surface area (Å²) in [6, 6.07) is 0. The number of ketones is 1. The van der Waals surface area contributed by atoms with Crippen molar-refractivity contribution in [3.8, 4) is 0 Å². The Labute approximate surface area is 140 Å². The maximum absolute atomic E-state index is 12.9. The lowest BCUT2D eigenvalue weighted by molar-refractivity contribution is -0.194. The van der Waals surface area contributed by atoms with E-state index < -0.39 is 0 Å². The van der Waals surface area contributed by atoms with E-state index in [4.69, 9.17) is 0 Å². The summed E-state index contributed by atoms with van der Waals surface area (Å²) in [6.45, 7) is 10.6. The van der Waals surface area contributed by atoms with Gasteiger partial charge in [-0.2, -0.15) is 0 Å². The third kappa shape index (κ3) is 2.34. The van der Waals surface area contributed by atoms with Crippen molar-refractivity contribution in [1.82, 2.24) is 0 Å². The topological polar surface area (TPSA) is 57.5 Å². The molecule has 130 valence electrons. The molecule has 0 radical (unpaired) electrons. The first-order valence-electron chi connectivity index (χ1n) is 9.15. The van der Waals surface area contributed by atoms with Crippen molar-refractivity contribution in [3.05, 3.63) is 12.7 Å². The molecule has 3 rings (SSSR count). The van der Waals surface area contributed by atoms with Crippen molar-refractivity contribution >= 4 is 5.78 Å². The molecule has 0 bridgehead atoms. The minimum atomic E-state index is -0.360. The molecule has 0 saturated heterocycles. The number of Topliss-reactive ketones (excluding diaryl/α,β-unsaturated/α-hetero) is 1. The van der Waals surface area contributed by atoms with Crippen molar-refractivity contribution < 1.29 is 15.0 Å². The summed E-state index contributed by atoms with van der Waals surface area (Å²) in [7, 11) is 0. The highest BCUT2D eigenvalue weighted by atomic mass is 16.3. The van der Waals surface area contributed by atoms with E-state index in [9.17, 15) is 15.0 Å². The Morgan fingerprint density at radius 3 is 2.57 bits per heavy atom. The Morgan fingerprint density at radius 2 is 1.96 bits per heavy atom. The van der Waals surface area contributed by atoms with E-state index in [1.54, 1.807) is 0 Å². The second-order valence-electron chi connectivity index (χ2n) is 9.27. The quantitative estimate of drug-likeness (QED) is 0.767. The van der Waals surface area contributed by atoms with E-state index in [0.717, 1.165) is 32.1 Å². The molecule has 0 amide bonds. The predicted molar refractivity (Wildman–Crippen MR) is 90.8 cm³/mol. The molecule has 2 N–H and O–H groups in total. The normalized spacial score (nSPS) is 53.3. The number of aliphatic hydroxyl groups is 2. The van der Waals surface area contributed by atoms with Crippen LogP contribution in [-0.2, 0) is 4.79 Å². The number of fused-ring (bicyclic) bond motifs is 3. The molecule has 0 aromatic rings. The Bertz CT molecular complexity index is 515. The molecule has 0 aliphatic heterocycles. The van der Waals surface area contributed by atoms with Crippen LogP contribution in [0.1, 0.15) is 59.3 Å². The second kappa shape index (κ2) is 5.42. The fourth-order valence-corrected chi connectivity index (χ4v) is 6.15. The van der Waals surface area contributed by atoms with E-state index in [1.807, 2.05) is 6.08 Å². The third-order valence-corrected chi connectivity index (χ3v) is 7.97. The molecular weight excluding hydrogens is 288 g/mol. The number of allylic oxidation sites excluding steroid dienone is 1. The SMILES string of the molecule is C=C[C@]1(C)CC[C@H]2[C@H](C1)C(=O)CC1[C@@](C)(CO)CC[C@H](O)[C@]12C. The number of aliphatic hydroxyl groups excluding tert-OH is 2. The molecule has 23 heavy (non-hydrogen) atoms. The number of hydrogen-bond donors (Lipinski definition) is 2. The Morgan fingerprint density at radius 1 is 1.26 bits per heavy atom. The van der Waals surface area contributed by atoms with Gasteiger partial charge in [-0.1, -0.05) is 26.8 Å². The van der Waals surface area contributed by atoms with Crippen LogP contribution in [0.4, 0.5) is 0 Å². The molecule has 0 spiro atoms. The summed E-state index contributed by atoms with van der Waals surface area (Å²) in [4.78, 5) is 12.9. The predicted octanol–water partition coefficient (Wildman–Crippen LogP) is 3.34. The monoisotopic (exact) mass is 320 g/mol. The fraction of sp³-hybridized carbons (Fsp3) is 0.850. The summed E-state index contributed by atoms with van der Waals surface area (Å²) in [5.74, 6) is 0.719. The molecule has 3 saturated carbocycles. The summed E-state index contributed by atoms with van der Waals surface area (Å²) < 4.78 is 0. The van der Waals surface area contributed by atoms with Crippen molar-refractivity contribution in [3.63, 3.8) is 0 Å². The number of hydrogen-bond acceptors (Lipinski definition) is 3. The molecule has 3 nitrogen and oxygen atoms in total. The smallest absolute Gasteiger partial charge is 0.136 e. The van der Waals surface area contributed by atoms with Crippen molar-refractivity contribution in [2.45, 2.75) is 65.4 Å². The van der Waals surface area contributed by atoms with E-state index in [2.05, 4.69) is 27.4 Å². The van der Waals surface area contributed by atoms with E-state index in [0.29, 0.717) is 12.2 Å². The average Bonchev–Trinajstić information content (AvgIpc) is 2.54. The fourth-order valence-electron chi connectivity index (χ4n) is 6.15. The van der Waals surface area contributed by atoms with Crippen LogP contribution in [0, 0.1) is 34.0 Å². The van der Waals surface area contributed by atoms with Crippen molar-refractivity contribution in [1.29, 1.82) is 0 Å². The lowest BCUT2D eigenvalue weighted by Gasteiger charge is -2.63. The van der Waals surface area contributed by atoms with E-state index in [-0.39, 0.29) is 46.7 Å². The van der Waals surface area contributed by atoms with Crippen LogP contribution in [0.5, 0.6) is 0 Å². The Balaban J connectivity index is 2.00. The highest BCUT2D eigenvalue weighted by Gasteiger charge is 2.63. The van der Waals surface area contributed by atoms with Crippen molar-refractivity contribution in [2.24, 2.45) is 34.0 Å². The Hall–Kier alpha value is -0.670. The first-order valence-corrected chi connectivity index (χ1v) is 9.15. The van der Waals surface area contributed by atoms with Gasteiger partial charge in [0.1, 0.15) is 5.78 Å². The van der Waals surface area contributed by atoms with Crippen LogP contribution < -0.4 is 0 Å². The van der Waals surface area contributed by atoms with E-state index >= 15 is 0 Å². The van der Waals surface area contributed by atoms with Crippen LogP contribution in [0.25, 0.3) is 0 Å². The van der Waals surface area contributed by atoms with Gasteiger partial charge in [-0.25, -0.2) is 0 Å². The molecule has 0 heterocycles. The highest BCUT2D eigenvalue weighted by Crippen LogP contribution is 2.64. The molecule has 0 aromatic carbocycles. The number of rotatable bonds is 2. The van der Waals surface area contributed by atoms with Gasteiger partial charge in [-0.05, 0) is 54.8 Å². The van der Waals surface area contributed by atoms with E-state index in [1.165, 1.54) is 0 Å². The van der Waals surface area contributed by atoms with Gasteiger partial charge in [0, 0.05) is 24.4 Å². The van der Waals surface area contributed by atoms with Gasteiger partial charge in [0.2, 0.25) is 0 Å². The molecule has 1 unspecified atom stereocenters. The first kappa shape index (κ1) is 17.2. The minimum absolute atomic E-state index is 0.0416. The molecular formula is C20H32O3. The summed E-state index contributed by atoms with van der Waals surface area (Å²) in [5.41, 5.74) is -0.454. The van der Waals surface area contributed by atoms with Crippen LogP contribution in [0.2, 0.25) is 0 Å². The zero-order valence-corrected chi connectivity index (χ0v) is 14.8. The molecule has 3 aliphatic carbocycles. The van der Waals surface area contributed by atoms with Gasteiger partial charge in [0.25, 0.3) is 0 Å². The molecule has 0 aromatic heterocycles. The third-order valence-electron chi connectivity index (χ3n) is 7.97. The van der Waals surface area contributed by atoms with Gasteiger partial charge in [0.15, 0.2) is 0 Å². The molecule has 3 fully saturated rings. The summed E-state index contributed by atoms with van der Waals surface area (Å²) in [6.07, 6.45) is 6.59. The second-order valence-corrected chi connectivity index (χ2v) is 9.27. The highest BCUT2D eigenvalue weighted by molar-refractivity contribution is 5.83. The summed E-state index contributed by atoms with van der Waals surface area (Å²) in [5, 5.41) is 20.9. The van der Waals surface area contributed by atoms with Crippen LogP contribution in [0.3, 0.4) is 0 Å². The molecule has 3 aliphatic rings. The lowest BCUT2D eigenvalue weighted by atomic mass is 9.42. The lowest BCUT2D eigenvalue weighted by Crippen LogP contribution is -2.62. The molecule has 7 atom stereocenters. The van der Waals surface area contributed by atoms with Crippen LogP contribution >= 0.6 is 0 Å². The standard InChI is InChI=1S/C20H32O3/c1-5-18(2)8-6-14-13(11-18)15(22)10-16-19(3,12-21)9-7-17(23)20(14,16)4/h5,13-14,16-17,21,23H,1,6-12H2,2-4H3/t13-,14-,16?,17-,18+,19+,20-/m0/s1. The number of carbonyl (C=O) groups excluding carboxylic acids is 1. The maximum atomic E-state index is 12.9. The largest absolute Gasteiger partial charge is 0.396 e. The van der Waals surface area contributed by atoms with Gasteiger partial charge >= 0.3 is 0 Å². The van der Waals surface area contributed by atoms with Gasteiger partial charge in [-0.3, -0.25) is 4.79 Å².